The van der Waals surface area contributed by atoms with Crippen molar-refractivity contribution in [2.45, 2.75) is 19.8 Å². The molecule has 3 N–H and O–H groups in total. The molecule has 2 aromatic rings. The summed E-state index contributed by atoms with van der Waals surface area (Å²) in [4.78, 5) is 11.8. The number of urea groups is 1. The molecule has 0 aliphatic rings. The lowest BCUT2D eigenvalue weighted by Crippen LogP contribution is -2.19. The van der Waals surface area contributed by atoms with Gasteiger partial charge in [-0.3, -0.25) is 0 Å². The van der Waals surface area contributed by atoms with Crippen LogP contribution < -0.4 is 10.6 Å². The van der Waals surface area contributed by atoms with Gasteiger partial charge in [0, 0.05) is 17.4 Å². The van der Waals surface area contributed by atoms with Crippen molar-refractivity contribution in [3.05, 3.63) is 54.1 Å². The minimum atomic E-state index is -0.340. The standard InChI is InChI=1S/C16H18N2O2/c1-11(2)12-6-8-13(9-7-12)17-16(20)18-14-4-3-5-15(19)10-14/h3-11,19H,1-2H3,(H2,17,18,20). The lowest BCUT2D eigenvalue weighted by atomic mass is 10.0. The van der Waals surface area contributed by atoms with Crippen molar-refractivity contribution in [2.24, 2.45) is 0 Å². The fourth-order valence-electron chi connectivity index (χ4n) is 1.83. The van der Waals surface area contributed by atoms with Gasteiger partial charge >= 0.3 is 6.03 Å². The van der Waals surface area contributed by atoms with Crippen LogP contribution in [-0.2, 0) is 0 Å². The molecule has 4 nitrogen and oxygen atoms in total. The molecule has 2 amide bonds. The first-order valence-corrected chi connectivity index (χ1v) is 6.51. The van der Waals surface area contributed by atoms with Gasteiger partial charge in [0.25, 0.3) is 0 Å². The molecule has 0 fully saturated rings. The number of hydrogen-bond donors (Lipinski definition) is 3. The highest BCUT2D eigenvalue weighted by atomic mass is 16.3. The largest absolute Gasteiger partial charge is 0.508 e. The van der Waals surface area contributed by atoms with Gasteiger partial charge in [-0.15, -0.1) is 0 Å². The summed E-state index contributed by atoms with van der Waals surface area (Å²) in [6, 6.07) is 13.8. The number of anilines is 2. The molecule has 0 bridgehead atoms. The number of phenolic OH excluding ortho intramolecular Hbond substituents is 1. The number of nitrogens with one attached hydrogen (secondary N) is 2. The van der Waals surface area contributed by atoms with E-state index in [9.17, 15) is 9.90 Å². The molecule has 20 heavy (non-hydrogen) atoms. The van der Waals surface area contributed by atoms with Crippen LogP contribution in [0.5, 0.6) is 5.75 Å². The Morgan fingerprint density at radius 3 is 2.25 bits per heavy atom. The van der Waals surface area contributed by atoms with Gasteiger partial charge in [0.05, 0.1) is 0 Å². The van der Waals surface area contributed by atoms with Crippen LogP contribution in [0.15, 0.2) is 48.5 Å². The summed E-state index contributed by atoms with van der Waals surface area (Å²) in [6.45, 7) is 4.24. The zero-order valence-corrected chi connectivity index (χ0v) is 11.6. The lowest BCUT2D eigenvalue weighted by molar-refractivity contribution is 0.262. The third kappa shape index (κ3) is 3.75. The van der Waals surface area contributed by atoms with E-state index in [4.69, 9.17) is 0 Å². The summed E-state index contributed by atoms with van der Waals surface area (Å²) >= 11 is 0. The molecule has 2 aromatic carbocycles. The van der Waals surface area contributed by atoms with Crippen molar-refractivity contribution < 1.29 is 9.90 Å². The Labute approximate surface area is 118 Å². The monoisotopic (exact) mass is 270 g/mol. The number of rotatable bonds is 3. The number of phenols is 1. The maximum Gasteiger partial charge on any atom is 0.323 e. The van der Waals surface area contributed by atoms with Gasteiger partial charge in [-0.25, -0.2) is 4.79 Å². The van der Waals surface area contributed by atoms with Crippen molar-refractivity contribution in [1.29, 1.82) is 0 Å². The quantitative estimate of drug-likeness (QED) is 0.784. The number of aromatic hydroxyl groups is 1. The highest BCUT2D eigenvalue weighted by Gasteiger charge is 2.04. The van der Waals surface area contributed by atoms with Crippen molar-refractivity contribution in [3.63, 3.8) is 0 Å². The second-order valence-corrected chi connectivity index (χ2v) is 4.91. The average Bonchev–Trinajstić information content (AvgIpc) is 2.39. The van der Waals surface area contributed by atoms with Crippen molar-refractivity contribution in [3.8, 4) is 5.75 Å². The topological polar surface area (TPSA) is 61.4 Å². The Morgan fingerprint density at radius 2 is 1.65 bits per heavy atom. The van der Waals surface area contributed by atoms with Gasteiger partial charge < -0.3 is 15.7 Å². The van der Waals surface area contributed by atoms with E-state index < -0.39 is 0 Å². The molecule has 0 aliphatic carbocycles. The van der Waals surface area contributed by atoms with Crippen LogP contribution in [0.2, 0.25) is 0 Å². The van der Waals surface area contributed by atoms with Gasteiger partial charge in [-0.1, -0.05) is 32.0 Å². The van der Waals surface area contributed by atoms with E-state index in [0.29, 0.717) is 11.6 Å². The molecular formula is C16H18N2O2. The zero-order valence-electron chi connectivity index (χ0n) is 11.6. The Balaban J connectivity index is 1.97. The molecule has 2 rings (SSSR count). The summed E-state index contributed by atoms with van der Waals surface area (Å²) < 4.78 is 0. The van der Waals surface area contributed by atoms with E-state index in [1.165, 1.54) is 11.6 Å². The minimum Gasteiger partial charge on any atom is -0.508 e. The SMILES string of the molecule is CC(C)c1ccc(NC(=O)Nc2cccc(O)c2)cc1. The number of hydrogen-bond acceptors (Lipinski definition) is 2. The number of benzene rings is 2. The van der Waals surface area contributed by atoms with Crippen LogP contribution in [0, 0.1) is 0 Å². The first-order chi connectivity index (χ1) is 9.54. The van der Waals surface area contributed by atoms with Crippen molar-refractivity contribution in [2.75, 3.05) is 10.6 Å². The van der Waals surface area contributed by atoms with Gasteiger partial charge in [-0.2, -0.15) is 0 Å². The Bertz CT molecular complexity index is 592. The molecule has 0 saturated heterocycles. The first-order valence-electron chi connectivity index (χ1n) is 6.51. The second kappa shape index (κ2) is 6.10. The molecule has 4 heteroatoms. The third-order valence-corrected chi connectivity index (χ3v) is 2.94. The Hall–Kier alpha value is -2.49. The van der Waals surface area contributed by atoms with E-state index in [0.717, 1.165) is 5.69 Å². The van der Waals surface area contributed by atoms with E-state index >= 15 is 0 Å². The van der Waals surface area contributed by atoms with E-state index in [1.807, 2.05) is 24.3 Å². The molecule has 0 unspecified atom stereocenters. The number of amides is 2. The van der Waals surface area contributed by atoms with Gasteiger partial charge in [0.15, 0.2) is 0 Å². The van der Waals surface area contributed by atoms with E-state index in [1.54, 1.807) is 18.2 Å². The Kier molecular flexibility index (Phi) is 4.25. The van der Waals surface area contributed by atoms with Crippen LogP contribution in [0.4, 0.5) is 16.2 Å². The van der Waals surface area contributed by atoms with E-state index in [2.05, 4.69) is 24.5 Å². The Morgan fingerprint density at radius 1 is 1.00 bits per heavy atom. The van der Waals surface area contributed by atoms with Crippen molar-refractivity contribution in [1.82, 2.24) is 0 Å². The third-order valence-electron chi connectivity index (χ3n) is 2.94. The fraction of sp³-hybridized carbons (Fsp3) is 0.188. The predicted molar refractivity (Wildman–Crippen MR) is 81.3 cm³/mol. The van der Waals surface area contributed by atoms with Crippen LogP contribution in [0.25, 0.3) is 0 Å². The van der Waals surface area contributed by atoms with E-state index in [-0.39, 0.29) is 11.8 Å². The van der Waals surface area contributed by atoms with Crippen LogP contribution in [-0.4, -0.2) is 11.1 Å². The van der Waals surface area contributed by atoms with Crippen LogP contribution >= 0.6 is 0 Å². The maximum absolute atomic E-state index is 11.8. The molecule has 0 spiro atoms. The zero-order chi connectivity index (χ0) is 14.5. The van der Waals surface area contributed by atoms with Crippen molar-refractivity contribution >= 4 is 17.4 Å². The van der Waals surface area contributed by atoms with Crippen LogP contribution in [0.3, 0.4) is 0 Å². The molecule has 0 aliphatic heterocycles. The minimum absolute atomic E-state index is 0.115. The maximum atomic E-state index is 11.8. The molecule has 0 aromatic heterocycles. The van der Waals surface area contributed by atoms with Crippen LogP contribution in [0.1, 0.15) is 25.3 Å². The van der Waals surface area contributed by atoms with Gasteiger partial charge in [0.1, 0.15) is 5.75 Å². The molecule has 0 saturated carbocycles. The smallest absolute Gasteiger partial charge is 0.323 e. The summed E-state index contributed by atoms with van der Waals surface area (Å²) in [5.41, 5.74) is 2.50. The fourth-order valence-corrected chi connectivity index (χ4v) is 1.83. The summed E-state index contributed by atoms with van der Waals surface area (Å²) in [5, 5.41) is 14.7. The van der Waals surface area contributed by atoms with Gasteiger partial charge in [0.2, 0.25) is 0 Å². The summed E-state index contributed by atoms with van der Waals surface area (Å²) in [6.07, 6.45) is 0. The molecular weight excluding hydrogens is 252 g/mol. The molecule has 0 atom stereocenters. The van der Waals surface area contributed by atoms with Gasteiger partial charge in [-0.05, 0) is 35.7 Å². The predicted octanol–water partition coefficient (Wildman–Crippen LogP) is 4.16. The molecule has 0 radical (unpaired) electrons. The number of carbonyl (C=O) groups is 1. The summed E-state index contributed by atoms with van der Waals surface area (Å²) in [7, 11) is 0. The molecule has 104 valence electrons. The average molecular weight is 270 g/mol. The summed E-state index contributed by atoms with van der Waals surface area (Å²) in [5.74, 6) is 0.578. The number of carbonyl (C=O) groups excluding carboxylic acids is 1. The lowest BCUT2D eigenvalue weighted by Gasteiger charge is -2.09. The first kappa shape index (κ1) is 13.9. The molecule has 0 heterocycles. The second-order valence-electron chi connectivity index (χ2n) is 4.91. The highest BCUT2D eigenvalue weighted by Crippen LogP contribution is 2.18. The normalized spacial score (nSPS) is 10.3. The highest BCUT2D eigenvalue weighted by molar-refractivity contribution is 5.99.